The van der Waals surface area contributed by atoms with E-state index < -0.39 is 0 Å². The van der Waals surface area contributed by atoms with Gasteiger partial charge in [-0.1, -0.05) is 50.0 Å². The number of aromatic nitrogens is 4. The molecule has 0 radical (unpaired) electrons. The minimum Gasteiger partial charge on any atom is -0.493 e. The molecule has 2 aliphatic carbocycles. The van der Waals surface area contributed by atoms with Crippen molar-refractivity contribution >= 4 is 11.6 Å². The highest BCUT2D eigenvalue weighted by Gasteiger charge is 2.42. The lowest BCUT2D eigenvalue weighted by Crippen LogP contribution is -2.49. The van der Waals surface area contributed by atoms with Crippen molar-refractivity contribution in [1.29, 1.82) is 0 Å². The second-order valence-electron chi connectivity index (χ2n) is 10.8. The van der Waals surface area contributed by atoms with Crippen LogP contribution in [0.15, 0.2) is 65.8 Å². The van der Waals surface area contributed by atoms with Crippen LogP contribution in [0.1, 0.15) is 63.4 Å². The predicted octanol–water partition coefficient (Wildman–Crippen LogP) is 5.57. The molecule has 0 unspecified atom stereocenters. The minimum atomic E-state index is -0.0243. The zero-order valence-corrected chi connectivity index (χ0v) is 22.7. The Kier molecular flexibility index (Phi) is 8.16. The van der Waals surface area contributed by atoms with E-state index in [2.05, 4.69) is 44.9 Å². The molecule has 0 spiro atoms. The number of aromatic amines is 1. The molecule has 0 saturated heterocycles. The number of hydrogen-bond acceptors (Lipinski definition) is 7. The van der Waals surface area contributed by atoms with Gasteiger partial charge in [0, 0.05) is 23.5 Å². The highest BCUT2D eigenvalue weighted by Crippen LogP contribution is 2.37. The first-order chi connectivity index (χ1) is 19.8. The minimum absolute atomic E-state index is 0.0243. The van der Waals surface area contributed by atoms with Crippen LogP contribution in [0.5, 0.6) is 11.5 Å². The van der Waals surface area contributed by atoms with Crippen molar-refractivity contribution in [2.45, 2.75) is 63.8 Å². The van der Waals surface area contributed by atoms with Crippen LogP contribution in [-0.4, -0.2) is 56.5 Å². The standard InChI is InChI=1S/C31H36N6O3/c38-31-28-14-6-5-13-27(28)29(34-37(31)24-10-3-1-2-4-11-24)23-9-7-12-26(21-23)40-20-8-19-39-25-17-15-22(16-18-25)30-32-35-36-33-30/h5-7,9,12,15-18,21,24,27-28H,1-4,8,10-11,13-14,19-20H2,(H,32,33,35,36)/t27-,28+/m0/s1. The lowest BCUT2D eigenvalue weighted by Gasteiger charge is -2.40. The normalized spacial score (nSPS) is 21.4. The van der Waals surface area contributed by atoms with Gasteiger partial charge in [0.1, 0.15) is 11.5 Å². The van der Waals surface area contributed by atoms with Crippen molar-refractivity contribution in [2.24, 2.45) is 16.9 Å². The number of benzene rings is 2. The number of ether oxygens (including phenoxy) is 2. The van der Waals surface area contributed by atoms with Crippen LogP contribution in [0.2, 0.25) is 0 Å². The summed E-state index contributed by atoms with van der Waals surface area (Å²) in [6.45, 7) is 1.08. The molecule has 1 fully saturated rings. The number of allylic oxidation sites excluding steroid dienone is 2. The van der Waals surface area contributed by atoms with E-state index in [1.54, 1.807) is 0 Å². The molecule has 0 bridgehead atoms. The van der Waals surface area contributed by atoms with Gasteiger partial charge in [-0.15, -0.1) is 10.2 Å². The highest BCUT2D eigenvalue weighted by molar-refractivity contribution is 6.07. The van der Waals surface area contributed by atoms with Crippen LogP contribution in [0.4, 0.5) is 0 Å². The van der Waals surface area contributed by atoms with E-state index in [1.807, 2.05) is 41.4 Å². The molecule has 9 heteroatoms. The number of carbonyl (C=O) groups is 1. The molecule has 1 aromatic heterocycles. The molecule has 1 N–H and O–H groups in total. The summed E-state index contributed by atoms with van der Waals surface area (Å²) in [6, 6.07) is 16.0. The fourth-order valence-electron chi connectivity index (χ4n) is 6.00. The van der Waals surface area contributed by atoms with Crippen molar-refractivity contribution in [1.82, 2.24) is 25.6 Å². The molecule has 3 aliphatic rings. The van der Waals surface area contributed by atoms with E-state index in [0.29, 0.717) is 19.0 Å². The molecule has 3 aromatic rings. The van der Waals surface area contributed by atoms with Crippen molar-refractivity contribution < 1.29 is 14.3 Å². The molecule has 2 heterocycles. The molecular formula is C31H36N6O3. The third-order valence-corrected chi connectivity index (χ3v) is 8.13. The average Bonchev–Trinajstić information content (AvgIpc) is 3.41. The van der Waals surface area contributed by atoms with Gasteiger partial charge in [-0.2, -0.15) is 10.3 Å². The van der Waals surface area contributed by atoms with Crippen molar-refractivity contribution in [3.63, 3.8) is 0 Å². The van der Waals surface area contributed by atoms with Crippen LogP contribution < -0.4 is 9.47 Å². The largest absolute Gasteiger partial charge is 0.493 e. The predicted molar refractivity (Wildman–Crippen MR) is 152 cm³/mol. The number of fused-ring (bicyclic) bond motifs is 1. The summed E-state index contributed by atoms with van der Waals surface area (Å²) >= 11 is 0. The van der Waals surface area contributed by atoms with Crippen LogP contribution in [0.25, 0.3) is 11.4 Å². The van der Waals surface area contributed by atoms with E-state index in [9.17, 15) is 4.79 Å². The molecular weight excluding hydrogens is 504 g/mol. The topological polar surface area (TPSA) is 106 Å². The SMILES string of the molecule is O=C1[C@@H]2CC=CC[C@@H]2C(c2cccc(OCCCOc3ccc(-c4nn[nH]n4)cc3)c2)=NN1C1CCCCCC1. The summed E-state index contributed by atoms with van der Waals surface area (Å²) in [5, 5.41) is 20.9. The average molecular weight is 541 g/mol. The Hall–Kier alpha value is -4.01. The first kappa shape index (κ1) is 26.2. The smallest absolute Gasteiger partial charge is 0.247 e. The zero-order valence-electron chi connectivity index (χ0n) is 22.7. The second kappa shape index (κ2) is 12.4. The van der Waals surface area contributed by atoms with Gasteiger partial charge in [0.15, 0.2) is 0 Å². The van der Waals surface area contributed by atoms with E-state index >= 15 is 0 Å². The summed E-state index contributed by atoms with van der Waals surface area (Å²) in [6.07, 6.45) is 13.7. The van der Waals surface area contributed by atoms with Crippen LogP contribution >= 0.6 is 0 Å². The molecule has 208 valence electrons. The van der Waals surface area contributed by atoms with E-state index in [0.717, 1.165) is 60.4 Å². The number of carbonyl (C=O) groups excluding carboxylic acids is 1. The molecule has 1 amide bonds. The van der Waals surface area contributed by atoms with Gasteiger partial charge >= 0.3 is 0 Å². The number of H-pyrrole nitrogens is 1. The summed E-state index contributed by atoms with van der Waals surface area (Å²) in [5.74, 6) is 2.46. The maximum Gasteiger partial charge on any atom is 0.247 e. The lowest BCUT2D eigenvalue weighted by atomic mass is 9.76. The maximum absolute atomic E-state index is 13.5. The molecule has 2 atom stereocenters. The number of hydrogen-bond donors (Lipinski definition) is 1. The Morgan fingerprint density at radius 3 is 2.35 bits per heavy atom. The van der Waals surface area contributed by atoms with Gasteiger partial charge in [0.25, 0.3) is 0 Å². The van der Waals surface area contributed by atoms with E-state index in [4.69, 9.17) is 14.6 Å². The van der Waals surface area contributed by atoms with Gasteiger partial charge in [0.05, 0.1) is 30.9 Å². The van der Waals surface area contributed by atoms with Crippen LogP contribution in [0.3, 0.4) is 0 Å². The van der Waals surface area contributed by atoms with Crippen molar-refractivity contribution in [3.8, 4) is 22.9 Å². The summed E-state index contributed by atoms with van der Waals surface area (Å²) in [4.78, 5) is 13.5. The van der Waals surface area contributed by atoms with E-state index in [1.165, 1.54) is 25.7 Å². The molecule has 40 heavy (non-hydrogen) atoms. The summed E-state index contributed by atoms with van der Waals surface area (Å²) in [5.41, 5.74) is 2.95. The summed E-state index contributed by atoms with van der Waals surface area (Å²) in [7, 11) is 0. The Morgan fingerprint density at radius 1 is 0.850 bits per heavy atom. The van der Waals surface area contributed by atoms with Crippen molar-refractivity contribution in [3.05, 3.63) is 66.2 Å². The third kappa shape index (κ3) is 5.93. The quantitative estimate of drug-likeness (QED) is 0.216. The number of rotatable bonds is 9. The van der Waals surface area contributed by atoms with Gasteiger partial charge in [-0.3, -0.25) is 4.79 Å². The highest BCUT2D eigenvalue weighted by atomic mass is 16.5. The van der Waals surface area contributed by atoms with Crippen molar-refractivity contribution in [2.75, 3.05) is 13.2 Å². The Bertz CT molecular complexity index is 1330. The first-order valence-corrected chi connectivity index (χ1v) is 14.5. The van der Waals surface area contributed by atoms with E-state index in [-0.39, 0.29) is 23.8 Å². The van der Waals surface area contributed by atoms with Gasteiger partial charge in [0.2, 0.25) is 11.7 Å². The van der Waals surface area contributed by atoms with Gasteiger partial charge in [-0.25, -0.2) is 5.01 Å². The first-order valence-electron chi connectivity index (χ1n) is 14.5. The molecule has 9 nitrogen and oxygen atoms in total. The van der Waals surface area contributed by atoms with Crippen LogP contribution in [-0.2, 0) is 4.79 Å². The number of nitrogens with zero attached hydrogens (tertiary/aromatic N) is 5. The fourth-order valence-corrected chi connectivity index (χ4v) is 6.00. The van der Waals surface area contributed by atoms with Gasteiger partial charge in [-0.05, 0) is 67.3 Å². The number of tetrazole rings is 1. The number of amides is 1. The number of hydrazone groups is 1. The van der Waals surface area contributed by atoms with Gasteiger partial charge < -0.3 is 9.47 Å². The summed E-state index contributed by atoms with van der Waals surface area (Å²) < 4.78 is 12.0. The molecule has 6 rings (SSSR count). The Balaban J connectivity index is 1.08. The lowest BCUT2D eigenvalue weighted by molar-refractivity contribution is -0.140. The Morgan fingerprint density at radius 2 is 1.60 bits per heavy atom. The fraction of sp³-hybridized carbons (Fsp3) is 0.452. The monoisotopic (exact) mass is 540 g/mol. The molecule has 2 aromatic carbocycles. The van der Waals surface area contributed by atoms with Crippen LogP contribution in [0, 0.1) is 11.8 Å². The molecule has 1 aliphatic heterocycles. The molecule has 1 saturated carbocycles. The third-order valence-electron chi connectivity index (χ3n) is 8.13. The maximum atomic E-state index is 13.5. The number of nitrogens with one attached hydrogen (secondary N) is 1. The zero-order chi connectivity index (χ0) is 27.1. The Labute approximate surface area is 234 Å². The second-order valence-corrected chi connectivity index (χ2v) is 10.8.